The normalized spacial score (nSPS) is 15.3. The third-order valence-electron chi connectivity index (χ3n) is 5.68. The molecule has 4 rings (SSSR count). The van der Waals surface area contributed by atoms with Crippen LogP contribution in [0.4, 0.5) is 5.69 Å². The predicted molar refractivity (Wildman–Crippen MR) is 133 cm³/mol. The van der Waals surface area contributed by atoms with Crippen LogP contribution in [0.25, 0.3) is 17.0 Å². The van der Waals surface area contributed by atoms with Gasteiger partial charge in [0.05, 0.1) is 17.4 Å². The van der Waals surface area contributed by atoms with Crippen LogP contribution in [0.1, 0.15) is 24.8 Å². The van der Waals surface area contributed by atoms with E-state index in [1.807, 2.05) is 47.0 Å². The molecule has 0 saturated carbocycles. The van der Waals surface area contributed by atoms with Gasteiger partial charge in [0.25, 0.3) is 10.0 Å². The summed E-state index contributed by atoms with van der Waals surface area (Å²) in [5, 5.41) is 12.6. The summed E-state index contributed by atoms with van der Waals surface area (Å²) in [6, 6.07) is 15.9. The molecule has 0 aliphatic carbocycles. The van der Waals surface area contributed by atoms with Crippen molar-refractivity contribution >= 4 is 44.4 Å². The minimum absolute atomic E-state index is 0.0824. The zero-order valence-electron chi connectivity index (χ0n) is 18.8. The topological polar surface area (TPSA) is 108 Å². The summed E-state index contributed by atoms with van der Waals surface area (Å²) in [6.07, 6.45) is 7.03. The SMILES string of the molecule is CN1CCC/C1=N/S(=O)(=O)c1ccc(NC(=O)/C=C/c2cn(CCC#N)c3ccccc23)cc1. The van der Waals surface area contributed by atoms with Crippen molar-refractivity contribution in [3.05, 3.63) is 66.4 Å². The summed E-state index contributed by atoms with van der Waals surface area (Å²) in [4.78, 5) is 14.4. The third kappa shape index (κ3) is 5.18. The van der Waals surface area contributed by atoms with Crippen LogP contribution in [-0.4, -0.2) is 43.2 Å². The molecule has 0 atom stereocenters. The number of hydrogen-bond donors (Lipinski definition) is 1. The van der Waals surface area contributed by atoms with Crippen LogP contribution >= 0.6 is 0 Å². The number of benzene rings is 2. The molecule has 1 saturated heterocycles. The number of anilines is 1. The van der Waals surface area contributed by atoms with E-state index in [2.05, 4.69) is 15.8 Å². The number of carbonyl (C=O) groups excluding carboxylic acids is 1. The Hall–Kier alpha value is -3.90. The maximum absolute atomic E-state index is 12.6. The van der Waals surface area contributed by atoms with Crippen molar-refractivity contribution in [1.29, 1.82) is 5.26 Å². The first-order chi connectivity index (χ1) is 16.4. The van der Waals surface area contributed by atoms with Crippen molar-refractivity contribution in [3.8, 4) is 6.07 Å². The number of fused-ring (bicyclic) bond motifs is 1. The van der Waals surface area contributed by atoms with Crippen molar-refractivity contribution in [2.24, 2.45) is 4.40 Å². The van der Waals surface area contributed by atoms with E-state index < -0.39 is 10.0 Å². The summed E-state index contributed by atoms with van der Waals surface area (Å²) in [5.74, 6) is 0.230. The fourth-order valence-corrected chi connectivity index (χ4v) is 5.02. The molecule has 0 bridgehead atoms. The highest BCUT2D eigenvalue weighted by molar-refractivity contribution is 7.90. The molecular formula is C25H25N5O3S. The smallest absolute Gasteiger partial charge is 0.283 e. The number of sulfonamides is 1. The highest BCUT2D eigenvalue weighted by atomic mass is 32.2. The van der Waals surface area contributed by atoms with Gasteiger partial charge < -0.3 is 14.8 Å². The second-order valence-corrected chi connectivity index (χ2v) is 9.66. The van der Waals surface area contributed by atoms with Gasteiger partial charge in [0.2, 0.25) is 5.91 Å². The summed E-state index contributed by atoms with van der Waals surface area (Å²) >= 11 is 0. The second kappa shape index (κ2) is 9.93. The molecule has 0 spiro atoms. The zero-order valence-corrected chi connectivity index (χ0v) is 19.6. The summed E-state index contributed by atoms with van der Waals surface area (Å²) < 4.78 is 31.1. The molecule has 0 unspecified atom stereocenters. The molecular weight excluding hydrogens is 450 g/mol. The van der Waals surface area contributed by atoms with Crippen LogP contribution in [-0.2, 0) is 21.4 Å². The number of amidine groups is 1. The Kier molecular flexibility index (Phi) is 6.80. The van der Waals surface area contributed by atoms with Crippen LogP contribution in [0, 0.1) is 11.3 Å². The molecule has 2 aromatic carbocycles. The number of nitrogens with one attached hydrogen (secondary N) is 1. The van der Waals surface area contributed by atoms with E-state index in [1.54, 1.807) is 18.2 Å². The van der Waals surface area contributed by atoms with E-state index in [-0.39, 0.29) is 10.8 Å². The lowest BCUT2D eigenvalue weighted by molar-refractivity contribution is -0.111. The average molecular weight is 476 g/mol. The maximum atomic E-state index is 12.6. The zero-order chi connectivity index (χ0) is 24.1. The van der Waals surface area contributed by atoms with Gasteiger partial charge in [-0.2, -0.15) is 13.7 Å². The van der Waals surface area contributed by atoms with E-state index in [1.165, 1.54) is 18.2 Å². The molecule has 0 radical (unpaired) electrons. The lowest BCUT2D eigenvalue weighted by Gasteiger charge is -2.11. The number of aromatic nitrogens is 1. The van der Waals surface area contributed by atoms with Crippen LogP contribution < -0.4 is 5.32 Å². The lowest BCUT2D eigenvalue weighted by atomic mass is 10.1. The van der Waals surface area contributed by atoms with E-state index in [0.717, 1.165) is 29.4 Å². The molecule has 3 aromatic rings. The first-order valence-corrected chi connectivity index (χ1v) is 12.4. The summed E-state index contributed by atoms with van der Waals surface area (Å²) in [5.41, 5.74) is 2.36. The van der Waals surface area contributed by atoms with Gasteiger partial charge in [0.1, 0.15) is 5.84 Å². The first kappa shape index (κ1) is 23.3. The number of rotatable bonds is 7. The molecule has 9 heteroatoms. The van der Waals surface area contributed by atoms with Gasteiger partial charge in [-0.15, -0.1) is 4.40 Å². The van der Waals surface area contributed by atoms with Crippen LogP contribution in [0.15, 0.2) is 70.1 Å². The maximum Gasteiger partial charge on any atom is 0.283 e. The van der Waals surface area contributed by atoms with Gasteiger partial charge in [-0.05, 0) is 42.8 Å². The first-order valence-electron chi connectivity index (χ1n) is 11.0. The van der Waals surface area contributed by atoms with Gasteiger partial charge >= 0.3 is 0 Å². The summed E-state index contributed by atoms with van der Waals surface area (Å²) in [7, 11) is -1.97. The molecule has 1 fully saturated rings. The number of para-hydroxylation sites is 1. The Balaban J connectivity index is 1.45. The van der Waals surface area contributed by atoms with Crippen molar-refractivity contribution < 1.29 is 13.2 Å². The largest absolute Gasteiger partial charge is 0.362 e. The van der Waals surface area contributed by atoms with Crippen LogP contribution in [0.5, 0.6) is 0 Å². The quantitative estimate of drug-likeness (QED) is 0.519. The number of hydrogen-bond acceptors (Lipinski definition) is 4. The van der Waals surface area contributed by atoms with E-state index >= 15 is 0 Å². The minimum atomic E-state index is -3.80. The Labute approximate surface area is 198 Å². The average Bonchev–Trinajstić information content (AvgIpc) is 3.39. The van der Waals surface area contributed by atoms with E-state index in [0.29, 0.717) is 30.9 Å². The van der Waals surface area contributed by atoms with Crippen LogP contribution in [0.2, 0.25) is 0 Å². The molecule has 1 aromatic heterocycles. The molecule has 2 heterocycles. The highest BCUT2D eigenvalue weighted by Gasteiger charge is 2.20. The van der Waals surface area contributed by atoms with Gasteiger partial charge in [-0.3, -0.25) is 4.79 Å². The van der Waals surface area contributed by atoms with Crippen molar-refractivity contribution in [2.45, 2.75) is 30.7 Å². The van der Waals surface area contributed by atoms with Crippen molar-refractivity contribution in [2.75, 3.05) is 18.9 Å². The lowest BCUT2D eigenvalue weighted by Crippen LogP contribution is -2.20. The van der Waals surface area contributed by atoms with Crippen molar-refractivity contribution in [1.82, 2.24) is 9.47 Å². The Morgan fingerprint density at radius 2 is 1.97 bits per heavy atom. The van der Waals surface area contributed by atoms with E-state index in [4.69, 9.17) is 5.26 Å². The number of nitriles is 1. The Bertz CT molecular complexity index is 1410. The number of carbonyl (C=O) groups is 1. The third-order valence-corrected chi connectivity index (χ3v) is 7.00. The predicted octanol–water partition coefficient (Wildman–Crippen LogP) is 4.02. The monoisotopic (exact) mass is 475 g/mol. The van der Waals surface area contributed by atoms with Gasteiger partial charge in [-0.25, -0.2) is 0 Å². The van der Waals surface area contributed by atoms with Gasteiger partial charge in [-0.1, -0.05) is 18.2 Å². The number of aryl methyl sites for hydroxylation is 1. The van der Waals surface area contributed by atoms with E-state index in [9.17, 15) is 13.2 Å². The number of likely N-dealkylation sites (tertiary alicyclic amines) is 1. The molecule has 1 N–H and O–H groups in total. The number of amides is 1. The molecule has 8 nitrogen and oxygen atoms in total. The second-order valence-electron chi connectivity index (χ2n) is 8.06. The standard InChI is InChI=1S/C25H25N5O3S/c1-29-16-4-8-24(29)28-34(32,33)21-12-10-20(11-13-21)27-25(31)14-9-19-18-30(17-5-15-26)23-7-3-2-6-22(19)23/h2-3,6-7,9-14,18H,4-5,8,16-17H2,1H3,(H,27,31)/b14-9+,28-24-. The fraction of sp³-hybridized carbons (Fsp3) is 0.240. The molecule has 1 amide bonds. The van der Waals surface area contributed by atoms with Crippen LogP contribution in [0.3, 0.4) is 0 Å². The molecule has 1 aliphatic heterocycles. The Morgan fingerprint density at radius 1 is 1.21 bits per heavy atom. The van der Waals surface area contributed by atoms with Crippen molar-refractivity contribution in [3.63, 3.8) is 0 Å². The molecule has 174 valence electrons. The minimum Gasteiger partial charge on any atom is -0.362 e. The molecule has 34 heavy (non-hydrogen) atoms. The van der Waals surface area contributed by atoms with Gasteiger partial charge in [0.15, 0.2) is 0 Å². The fourth-order valence-electron chi connectivity index (χ4n) is 3.92. The van der Waals surface area contributed by atoms with Gasteiger partial charge in [0, 0.05) is 61.0 Å². The Morgan fingerprint density at radius 3 is 2.68 bits per heavy atom. The molecule has 1 aliphatic rings. The number of nitrogens with zero attached hydrogens (tertiary/aromatic N) is 4. The highest BCUT2D eigenvalue weighted by Crippen LogP contribution is 2.23. The summed E-state index contributed by atoms with van der Waals surface area (Å²) in [6.45, 7) is 1.38.